The molecule has 0 fully saturated rings. The van der Waals surface area contributed by atoms with Crippen LogP contribution in [0.25, 0.3) is 0 Å². The van der Waals surface area contributed by atoms with Crippen molar-refractivity contribution in [1.82, 2.24) is 0 Å². The standard InChI is InChI=1S/C4H7N3O2/c1-6-3-4(2-5)7(8)9/h2-3H,5H2,1H3. The van der Waals surface area contributed by atoms with E-state index in [-0.39, 0.29) is 5.70 Å². The highest BCUT2D eigenvalue weighted by Gasteiger charge is 2.02. The molecule has 50 valence electrons. The molecule has 0 aromatic carbocycles. The molecule has 5 nitrogen and oxygen atoms in total. The van der Waals surface area contributed by atoms with Gasteiger partial charge in [0.15, 0.2) is 0 Å². The van der Waals surface area contributed by atoms with Crippen LogP contribution in [0.15, 0.2) is 16.9 Å². The fourth-order valence-corrected chi connectivity index (χ4v) is 0.283. The van der Waals surface area contributed by atoms with Crippen LogP contribution in [0.4, 0.5) is 0 Å². The van der Waals surface area contributed by atoms with Gasteiger partial charge < -0.3 is 5.73 Å². The number of nitro groups is 1. The van der Waals surface area contributed by atoms with Gasteiger partial charge in [-0.25, -0.2) is 0 Å². The molecule has 0 aliphatic heterocycles. The molecule has 0 aliphatic carbocycles. The molecular formula is C4H7N3O2. The summed E-state index contributed by atoms with van der Waals surface area (Å²) in [6, 6.07) is 0. The van der Waals surface area contributed by atoms with E-state index in [0.717, 1.165) is 12.4 Å². The molecular weight excluding hydrogens is 122 g/mol. The van der Waals surface area contributed by atoms with Crippen molar-refractivity contribution in [1.29, 1.82) is 0 Å². The lowest BCUT2D eigenvalue weighted by atomic mass is 10.5. The highest BCUT2D eigenvalue weighted by atomic mass is 16.6. The summed E-state index contributed by atoms with van der Waals surface area (Å²) in [5, 5.41) is 9.89. The molecule has 0 spiro atoms. The zero-order valence-electron chi connectivity index (χ0n) is 4.94. The second-order valence-corrected chi connectivity index (χ2v) is 1.24. The first-order chi connectivity index (χ1) is 4.22. The molecule has 0 aromatic rings. The molecule has 2 N–H and O–H groups in total. The predicted molar refractivity (Wildman–Crippen MR) is 33.7 cm³/mol. The fraction of sp³-hybridized carbons (Fsp3) is 0.250. The number of rotatable bonds is 2. The summed E-state index contributed by atoms with van der Waals surface area (Å²) >= 11 is 0. The van der Waals surface area contributed by atoms with Crippen molar-refractivity contribution in [3.05, 3.63) is 22.0 Å². The number of allylic oxidation sites excluding steroid dienone is 1. The van der Waals surface area contributed by atoms with Crippen LogP contribution in [-0.4, -0.2) is 18.2 Å². The van der Waals surface area contributed by atoms with E-state index in [4.69, 9.17) is 5.73 Å². The van der Waals surface area contributed by atoms with Crippen LogP contribution >= 0.6 is 0 Å². The van der Waals surface area contributed by atoms with Gasteiger partial charge in [-0.3, -0.25) is 15.1 Å². The van der Waals surface area contributed by atoms with Gasteiger partial charge in [0.25, 0.3) is 0 Å². The number of hydrogen-bond acceptors (Lipinski definition) is 4. The largest absolute Gasteiger partial charge is 0.399 e. The van der Waals surface area contributed by atoms with Gasteiger partial charge >= 0.3 is 5.70 Å². The summed E-state index contributed by atoms with van der Waals surface area (Å²) in [7, 11) is 1.44. The summed E-state index contributed by atoms with van der Waals surface area (Å²) in [6.45, 7) is 0. The zero-order chi connectivity index (χ0) is 7.28. The molecule has 0 saturated carbocycles. The lowest BCUT2D eigenvalue weighted by Gasteiger charge is -1.84. The number of nitrogens with zero attached hydrogens (tertiary/aromatic N) is 2. The Hall–Kier alpha value is -1.39. The van der Waals surface area contributed by atoms with E-state index in [0.29, 0.717) is 0 Å². The minimum absolute atomic E-state index is 0.197. The van der Waals surface area contributed by atoms with Crippen molar-refractivity contribution >= 4 is 6.21 Å². The van der Waals surface area contributed by atoms with Gasteiger partial charge in [0.2, 0.25) is 0 Å². The van der Waals surface area contributed by atoms with Gasteiger partial charge in [-0.05, 0) is 0 Å². The van der Waals surface area contributed by atoms with Crippen LogP contribution in [0.1, 0.15) is 0 Å². The van der Waals surface area contributed by atoms with E-state index < -0.39 is 4.92 Å². The van der Waals surface area contributed by atoms with Crippen LogP contribution in [0.2, 0.25) is 0 Å². The average molecular weight is 129 g/mol. The summed E-state index contributed by atoms with van der Waals surface area (Å²) in [4.78, 5) is 12.7. The van der Waals surface area contributed by atoms with Crippen LogP contribution < -0.4 is 5.73 Å². The van der Waals surface area contributed by atoms with E-state index in [1.807, 2.05) is 0 Å². The second kappa shape index (κ2) is 3.59. The van der Waals surface area contributed by atoms with Crippen molar-refractivity contribution in [3.63, 3.8) is 0 Å². The molecule has 0 aromatic heterocycles. The van der Waals surface area contributed by atoms with Crippen molar-refractivity contribution < 1.29 is 4.92 Å². The lowest BCUT2D eigenvalue weighted by molar-refractivity contribution is -0.414. The third kappa shape index (κ3) is 2.43. The Morgan fingerprint density at radius 3 is 2.56 bits per heavy atom. The Bertz CT molecular complexity index is 161. The third-order valence-electron chi connectivity index (χ3n) is 0.643. The maximum absolute atomic E-state index is 9.89. The molecule has 0 bridgehead atoms. The summed E-state index contributed by atoms with van der Waals surface area (Å²) < 4.78 is 0. The van der Waals surface area contributed by atoms with Crippen LogP contribution in [0.3, 0.4) is 0 Å². The average Bonchev–Trinajstić information content (AvgIpc) is 1.82. The molecule has 5 heteroatoms. The summed E-state index contributed by atoms with van der Waals surface area (Å²) in [5.41, 5.74) is 4.67. The quantitative estimate of drug-likeness (QED) is 0.317. The maximum atomic E-state index is 9.89. The van der Waals surface area contributed by atoms with Gasteiger partial charge in [-0.2, -0.15) is 0 Å². The molecule has 0 heterocycles. The Kier molecular flexibility index (Phi) is 3.04. The van der Waals surface area contributed by atoms with Gasteiger partial charge in [0, 0.05) is 7.05 Å². The van der Waals surface area contributed by atoms with E-state index >= 15 is 0 Å². The fourth-order valence-electron chi connectivity index (χ4n) is 0.283. The highest BCUT2D eigenvalue weighted by Crippen LogP contribution is 1.85. The molecule has 0 rings (SSSR count). The van der Waals surface area contributed by atoms with E-state index in [2.05, 4.69) is 4.99 Å². The Balaban J connectivity index is 4.19. The molecule has 0 unspecified atom stereocenters. The van der Waals surface area contributed by atoms with Crippen molar-refractivity contribution in [2.45, 2.75) is 0 Å². The Morgan fingerprint density at radius 1 is 1.89 bits per heavy atom. The van der Waals surface area contributed by atoms with Crippen molar-refractivity contribution in [2.75, 3.05) is 7.05 Å². The first-order valence-corrected chi connectivity index (χ1v) is 2.20. The van der Waals surface area contributed by atoms with E-state index in [9.17, 15) is 10.1 Å². The molecule has 0 amide bonds. The smallest absolute Gasteiger partial charge is 0.302 e. The third-order valence-corrected chi connectivity index (χ3v) is 0.643. The molecule has 0 saturated heterocycles. The first-order valence-electron chi connectivity index (χ1n) is 2.20. The zero-order valence-corrected chi connectivity index (χ0v) is 4.94. The minimum Gasteiger partial charge on any atom is -0.399 e. The van der Waals surface area contributed by atoms with Gasteiger partial charge in [-0.1, -0.05) is 0 Å². The SMILES string of the molecule is CN=CC(=CN)[N+](=O)[O-]. The van der Waals surface area contributed by atoms with Crippen LogP contribution in [0, 0.1) is 10.1 Å². The normalized spacial score (nSPS) is 12.3. The summed E-state index contributed by atoms with van der Waals surface area (Å²) in [5.74, 6) is 0. The molecule has 9 heavy (non-hydrogen) atoms. The highest BCUT2D eigenvalue weighted by molar-refractivity contribution is 5.74. The topological polar surface area (TPSA) is 81.5 Å². The molecule has 0 radical (unpaired) electrons. The predicted octanol–water partition coefficient (Wildman–Crippen LogP) is -0.236. The maximum Gasteiger partial charge on any atom is 0.302 e. The second-order valence-electron chi connectivity index (χ2n) is 1.24. The lowest BCUT2D eigenvalue weighted by Crippen LogP contribution is -2.02. The van der Waals surface area contributed by atoms with Crippen molar-refractivity contribution in [3.8, 4) is 0 Å². The van der Waals surface area contributed by atoms with Crippen molar-refractivity contribution in [2.24, 2.45) is 10.7 Å². The number of hydrogen-bond donors (Lipinski definition) is 1. The monoisotopic (exact) mass is 129 g/mol. The van der Waals surface area contributed by atoms with Gasteiger partial charge in [0.1, 0.15) is 6.21 Å². The Morgan fingerprint density at radius 2 is 2.44 bits per heavy atom. The minimum atomic E-state index is -0.604. The van der Waals surface area contributed by atoms with E-state index in [1.165, 1.54) is 7.05 Å². The van der Waals surface area contributed by atoms with E-state index in [1.54, 1.807) is 0 Å². The van der Waals surface area contributed by atoms with Gasteiger partial charge in [0.05, 0.1) is 11.1 Å². The number of aliphatic imine (C=N–C) groups is 1. The van der Waals surface area contributed by atoms with Crippen LogP contribution in [0.5, 0.6) is 0 Å². The molecule has 0 aliphatic rings. The number of nitrogens with two attached hydrogens (primary N) is 1. The summed E-state index contributed by atoms with van der Waals surface area (Å²) in [6.07, 6.45) is 1.98. The first kappa shape index (κ1) is 7.61. The molecule has 0 atom stereocenters. The van der Waals surface area contributed by atoms with Crippen LogP contribution in [-0.2, 0) is 0 Å². The van der Waals surface area contributed by atoms with Gasteiger partial charge in [-0.15, -0.1) is 0 Å². The Labute approximate surface area is 52.0 Å².